The Morgan fingerprint density at radius 3 is 2.47 bits per heavy atom. The Kier molecular flexibility index (Phi) is 3.21. The molecule has 0 spiro atoms. The molecule has 0 aromatic heterocycles. The summed E-state index contributed by atoms with van der Waals surface area (Å²) in [7, 11) is 0. The number of nitrogens with zero attached hydrogens (tertiary/aromatic N) is 2. The molecule has 1 aliphatic rings. The van der Waals surface area contributed by atoms with Crippen molar-refractivity contribution in [1.29, 1.82) is 5.26 Å². The molecule has 19 heavy (non-hydrogen) atoms. The molecule has 5 heteroatoms. The SMILES string of the molecule is CC1(C)C(C#N)CCN1c1ccccc1C(F)(F)F. The van der Waals surface area contributed by atoms with Gasteiger partial charge in [-0.05, 0) is 32.4 Å². The molecule has 1 saturated heterocycles. The summed E-state index contributed by atoms with van der Waals surface area (Å²) in [5.41, 5.74) is -1.06. The van der Waals surface area contributed by atoms with E-state index in [1.54, 1.807) is 11.0 Å². The summed E-state index contributed by atoms with van der Waals surface area (Å²) in [6.45, 7) is 4.11. The maximum Gasteiger partial charge on any atom is 0.418 e. The quantitative estimate of drug-likeness (QED) is 0.774. The molecule has 1 fully saturated rings. The number of halogens is 3. The molecule has 1 atom stereocenters. The summed E-state index contributed by atoms with van der Waals surface area (Å²) in [6.07, 6.45) is -3.78. The topological polar surface area (TPSA) is 27.0 Å². The molecule has 0 bridgehead atoms. The van der Waals surface area contributed by atoms with Gasteiger partial charge in [0.15, 0.2) is 0 Å². The second-order valence-electron chi connectivity index (χ2n) is 5.29. The number of hydrogen-bond donors (Lipinski definition) is 0. The molecule has 0 aliphatic carbocycles. The Balaban J connectivity index is 2.47. The standard InChI is InChI=1S/C14H15F3N2/c1-13(2)10(9-18)7-8-19(13)12-6-4-3-5-11(12)14(15,16)17/h3-6,10H,7-8H2,1-2H3. The van der Waals surface area contributed by atoms with Crippen LogP contribution in [0.1, 0.15) is 25.8 Å². The summed E-state index contributed by atoms with van der Waals surface area (Å²) in [4.78, 5) is 1.70. The van der Waals surface area contributed by atoms with E-state index in [1.807, 2.05) is 13.8 Å². The van der Waals surface area contributed by atoms with Gasteiger partial charge in [-0.25, -0.2) is 0 Å². The Morgan fingerprint density at radius 2 is 1.95 bits per heavy atom. The van der Waals surface area contributed by atoms with E-state index >= 15 is 0 Å². The minimum Gasteiger partial charge on any atom is -0.365 e. The minimum atomic E-state index is -4.38. The van der Waals surface area contributed by atoms with Crippen molar-refractivity contribution < 1.29 is 13.2 Å². The molecular weight excluding hydrogens is 253 g/mol. The van der Waals surface area contributed by atoms with Gasteiger partial charge in [-0.3, -0.25) is 0 Å². The normalized spacial score (nSPS) is 22.3. The van der Waals surface area contributed by atoms with Crippen molar-refractivity contribution in [3.05, 3.63) is 29.8 Å². The fourth-order valence-corrected chi connectivity index (χ4v) is 2.69. The largest absolute Gasteiger partial charge is 0.418 e. The lowest BCUT2D eigenvalue weighted by molar-refractivity contribution is -0.137. The van der Waals surface area contributed by atoms with Crippen molar-refractivity contribution in [1.82, 2.24) is 0 Å². The zero-order chi connectivity index (χ0) is 14.3. The second-order valence-corrected chi connectivity index (χ2v) is 5.29. The highest BCUT2D eigenvalue weighted by Gasteiger charge is 2.44. The Bertz CT molecular complexity index is 514. The van der Waals surface area contributed by atoms with Crippen LogP contribution in [0.4, 0.5) is 18.9 Å². The molecule has 102 valence electrons. The first-order valence-corrected chi connectivity index (χ1v) is 6.12. The molecule has 1 aliphatic heterocycles. The molecule has 1 aromatic carbocycles. The van der Waals surface area contributed by atoms with Crippen LogP contribution in [0.5, 0.6) is 0 Å². The van der Waals surface area contributed by atoms with Crippen molar-refractivity contribution in [3.63, 3.8) is 0 Å². The van der Waals surface area contributed by atoms with Crippen LogP contribution in [-0.2, 0) is 6.18 Å². The van der Waals surface area contributed by atoms with Gasteiger partial charge in [-0.15, -0.1) is 0 Å². The summed E-state index contributed by atoms with van der Waals surface area (Å²) in [6, 6.07) is 7.74. The minimum absolute atomic E-state index is 0.165. The highest BCUT2D eigenvalue weighted by Crippen LogP contribution is 2.43. The maximum atomic E-state index is 13.0. The molecule has 1 aromatic rings. The van der Waals surface area contributed by atoms with Gasteiger partial charge >= 0.3 is 6.18 Å². The Hall–Kier alpha value is -1.70. The van der Waals surface area contributed by atoms with E-state index in [9.17, 15) is 13.2 Å². The molecule has 1 heterocycles. The summed E-state index contributed by atoms with van der Waals surface area (Å²) in [5.74, 6) is -0.256. The fourth-order valence-electron chi connectivity index (χ4n) is 2.69. The average molecular weight is 268 g/mol. The van der Waals surface area contributed by atoms with Crippen molar-refractivity contribution in [2.24, 2.45) is 5.92 Å². The zero-order valence-electron chi connectivity index (χ0n) is 10.8. The highest BCUT2D eigenvalue weighted by molar-refractivity contribution is 5.58. The van der Waals surface area contributed by atoms with Gasteiger partial charge < -0.3 is 4.90 Å². The van der Waals surface area contributed by atoms with Crippen LogP contribution < -0.4 is 4.90 Å². The number of rotatable bonds is 1. The third-order valence-electron chi connectivity index (χ3n) is 3.85. The summed E-state index contributed by atoms with van der Waals surface area (Å²) < 4.78 is 39.1. The Morgan fingerprint density at radius 1 is 1.32 bits per heavy atom. The van der Waals surface area contributed by atoms with E-state index < -0.39 is 17.3 Å². The number of hydrogen-bond acceptors (Lipinski definition) is 2. The fraction of sp³-hybridized carbons (Fsp3) is 0.500. The van der Waals surface area contributed by atoms with Crippen molar-refractivity contribution in [2.45, 2.75) is 32.0 Å². The van der Waals surface area contributed by atoms with Gasteiger partial charge in [0.1, 0.15) is 0 Å². The van der Waals surface area contributed by atoms with Crippen molar-refractivity contribution in [3.8, 4) is 6.07 Å². The molecule has 1 unspecified atom stereocenters. The van der Waals surface area contributed by atoms with Gasteiger partial charge in [0, 0.05) is 12.2 Å². The van der Waals surface area contributed by atoms with Crippen LogP contribution >= 0.6 is 0 Å². The smallest absolute Gasteiger partial charge is 0.365 e. The monoisotopic (exact) mass is 268 g/mol. The lowest BCUT2D eigenvalue weighted by Gasteiger charge is -2.36. The van der Waals surface area contributed by atoms with Gasteiger partial charge in [0.2, 0.25) is 0 Å². The van der Waals surface area contributed by atoms with Crippen LogP contribution in [0, 0.1) is 17.2 Å². The number of alkyl halides is 3. The van der Waals surface area contributed by atoms with E-state index in [-0.39, 0.29) is 11.6 Å². The predicted molar refractivity (Wildman–Crippen MR) is 66.6 cm³/mol. The summed E-state index contributed by atoms with van der Waals surface area (Å²) >= 11 is 0. The molecule has 0 amide bonds. The molecule has 0 radical (unpaired) electrons. The van der Waals surface area contributed by atoms with Crippen molar-refractivity contribution >= 4 is 5.69 Å². The van der Waals surface area contributed by atoms with E-state index in [0.717, 1.165) is 6.07 Å². The molecule has 2 nitrogen and oxygen atoms in total. The first-order chi connectivity index (χ1) is 8.78. The van der Waals surface area contributed by atoms with E-state index in [1.165, 1.54) is 12.1 Å². The van der Waals surface area contributed by atoms with Crippen LogP contribution in [0.15, 0.2) is 24.3 Å². The molecule has 0 saturated carbocycles. The van der Waals surface area contributed by atoms with E-state index in [4.69, 9.17) is 5.26 Å². The first kappa shape index (κ1) is 13.7. The molecule has 0 N–H and O–H groups in total. The van der Waals surface area contributed by atoms with Gasteiger partial charge in [0.25, 0.3) is 0 Å². The molecular formula is C14H15F3N2. The molecule has 2 rings (SSSR count). The third-order valence-corrected chi connectivity index (χ3v) is 3.85. The average Bonchev–Trinajstić information content (AvgIpc) is 2.62. The van der Waals surface area contributed by atoms with Gasteiger partial charge in [0.05, 0.1) is 23.1 Å². The number of nitriles is 1. The summed E-state index contributed by atoms with van der Waals surface area (Å²) in [5, 5.41) is 9.10. The van der Waals surface area contributed by atoms with E-state index in [0.29, 0.717) is 13.0 Å². The first-order valence-electron chi connectivity index (χ1n) is 6.12. The highest BCUT2D eigenvalue weighted by atomic mass is 19.4. The maximum absolute atomic E-state index is 13.0. The number of para-hydroxylation sites is 1. The van der Waals surface area contributed by atoms with Gasteiger partial charge in [-0.2, -0.15) is 18.4 Å². The van der Waals surface area contributed by atoms with Crippen LogP contribution in [-0.4, -0.2) is 12.1 Å². The Labute approximate surface area is 110 Å². The van der Waals surface area contributed by atoms with Crippen LogP contribution in [0.25, 0.3) is 0 Å². The second kappa shape index (κ2) is 4.44. The lowest BCUT2D eigenvalue weighted by atomic mass is 9.89. The third kappa shape index (κ3) is 2.27. The van der Waals surface area contributed by atoms with Crippen molar-refractivity contribution in [2.75, 3.05) is 11.4 Å². The van der Waals surface area contributed by atoms with E-state index in [2.05, 4.69) is 6.07 Å². The zero-order valence-corrected chi connectivity index (χ0v) is 10.8. The predicted octanol–water partition coefficient (Wildman–Crippen LogP) is 3.83. The van der Waals surface area contributed by atoms with Gasteiger partial charge in [-0.1, -0.05) is 12.1 Å². The number of anilines is 1. The lowest BCUT2D eigenvalue weighted by Crippen LogP contribution is -2.43. The van der Waals surface area contributed by atoms with Crippen LogP contribution in [0.3, 0.4) is 0 Å². The van der Waals surface area contributed by atoms with Crippen LogP contribution in [0.2, 0.25) is 0 Å². The number of benzene rings is 1.